The minimum Gasteiger partial charge on any atom is -0.495 e. The first-order valence-electron chi connectivity index (χ1n) is 9.83. The van der Waals surface area contributed by atoms with Crippen molar-refractivity contribution in [3.05, 3.63) is 89.0 Å². The van der Waals surface area contributed by atoms with Crippen molar-refractivity contribution in [3.63, 3.8) is 0 Å². The Morgan fingerprint density at radius 1 is 1.00 bits per heavy atom. The zero-order valence-electron chi connectivity index (χ0n) is 17.7. The first-order valence-corrected chi connectivity index (χ1v) is 10.2. The summed E-state index contributed by atoms with van der Waals surface area (Å²) in [7, 11) is 1.52. The summed E-state index contributed by atoms with van der Waals surface area (Å²) in [6.07, 6.45) is 1.42. The standard InChI is InChI=1S/C25H20ClN3O4/c1-32-23-12-5-4-11-22(23)28-24(30)16-33-19-8-6-7-17(14-19)13-18(15-27)25(31)29-21-10-3-2-9-20(21)26/h2-14H,16H2,1H3,(H,28,30)(H,29,31). The van der Waals surface area contributed by atoms with Crippen molar-refractivity contribution in [2.24, 2.45) is 0 Å². The molecule has 0 unspecified atom stereocenters. The van der Waals surface area contributed by atoms with E-state index in [1.54, 1.807) is 72.8 Å². The van der Waals surface area contributed by atoms with Crippen molar-refractivity contribution in [2.45, 2.75) is 0 Å². The molecule has 0 radical (unpaired) electrons. The molecule has 0 aromatic heterocycles. The Morgan fingerprint density at radius 2 is 1.73 bits per heavy atom. The Bertz CT molecular complexity index is 1230. The molecule has 0 aliphatic heterocycles. The van der Waals surface area contributed by atoms with Gasteiger partial charge in [-0.05, 0) is 48.0 Å². The fraction of sp³-hybridized carbons (Fsp3) is 0.0800. The monoisotopic (exact) mass is 461 g/mol. The van der Waals surface area contributed by atoms with Crippen LogP contribution in [-0.2, 0) is 9.59 Å². The number of methoxy groups -OCH3 is 1. The van der Waals surface area contributed by atoms with Gasteiger partial charge in [0, 0.05) is 0 Å². The molecule has 3 aromatic rings. The molecular formula is C25H20ClN3O4. The number of ether oxygens (including phenoxy) is 2. The number of carbonyl (C=O) groups excluding carboxylic acids is 2. The molecule has 8 heteroatoms. The van der Waals surface area contributed by atoms with Crippen molar-refractivity contribution in [3.8, 4) is 17.6 Å². The summed E-state index contributed by atoms with van der Waals surface area (Å²) in [5.74, 6) is -0.00908. The Balaban J connectivity index is 1.65. The highest BCUT2D eigenvalue weighted by Gasteiger charge is 2.12. The van der Waals surface area contributed by atoms with Gasteiger partial charge >= 0.3 is 0 Å². The second kappa shape index (κ2) is 11.4. The smallest absolute Gasteiger partial charge is 0.266 e. The highest BCUT2D eigenvalue weighted by Crippen LogP contribution is 2.24. The van der Waals surface area contributed by atoms with Gasteiger partial charge in [-0.1, -0.05) is 48.0 Å². The summed E-state index contributed by atoms with van der Waals surface area (Å²) in [4.78, 5) is 24.7. The van der Waals surface area contributed by atoms with Gasteiger partial charge in [-0.25, -0.2) is 0 Å². The molecule has 2 amide bonds. The van der Waals surface area contributed by atoms with E-state index in [0.717, 1.165) is 0 Å². The molecule has 0 aliphatic rings. The molecule has 0 saturated heterocycles. The number of rotatable bonds is 8. The molecule has 0 bridgehead atoms. The zero-order chi connectivity index (χ0) is 23.6. The SMILES string of the molecule is COc1ccccc1NC(=O)COc1cccc(C=C(C#N)C(=O)Nc2ccccc2Cl)c1. The van der Waals surface area contributed by atoms with Crippen LogP contribution in [-0.4, -0.2) is 25.5 Å². The van der Waals surface area contributed by atoms with Gasteiger partial charge in [0.25, 0.3) is 11.8 Å². The quantitative estimate of drug-likeness (QED) is 0.366. The topological polar surface area (TPSA) is 100 Å². The van der Waals surface area contributed by atoms with Gasteiger partial charge in [-0.2, -0.15) is 5.26 Å². The van der Waals surface area contributed by atoms with E-state index >= 15 is 0 Å². The molecule has 0 fully saturated rings. The fourth-order valence-electron chi connectivity index (χ4n) is 2.84. The Labute approximate surface area is 196 Å². The average molecular weight is 462 g/mol. The number of carbonyl (C=O) groups is 2. The zero-order valence-corrected chi connectivity index (χ0v) is 18.4. The summed E-state index contributed by atoms with van der Waals surface area (Å²) >= 11 is 6.05. The van der Waals surface area contributed by atoms with Crippen LogP contribution in [0.15, 0.2) is 78.4 Å². The number of anilines is 2. The maximum atomic E-state index is 12.5. The minimum atomic E-state index is -0.590. The van der Waals surface area contributed by atoms with Gasteiger partial charge in [0.1, 0.15) is 23.1 Å². The molecule has 166 valence electrons. The van der Waals surface area contributed by atoms with Crippen molar-refractivity contribution >= 4 is 40.9 Å². The Morgan fingerprint density at radius 3 is 2.45 bits per heavy atom. The molecule has 7 nitrogen and oxygen atoms in total. The van der Waals surface area contributed by atoms with E-state index in [4.69, 9.17) is 21.1 Å². The number of nitrogens with one attached hydrogen (secondary N) is 2. The lowest BCUT2D eigenvalue weighted by molar-refractivity contribution is -0.118. The first kappa shape index (κ1) is 23.4. The van der Waals surface area contributed by atoms with E-state index in [-0.39, 0.29) is 18.1 Å². The van der Waals surface area contributed by atoms with Crippen LogP contribution in [0.5, 0.6) is 11.5 Å². The number of hydrogen-bond donors (Lipinski definition) is 2. The number of para-hydroxylation sites is 3. The lowest BCUT2D eigenvalue weighted by Crippen LogP contribution is -2.20. The lowest BCUT2D eigenvalue weighted by atomic mass is 10.1. The van der Waals surface area contributed by atoms with Crippen molar-refractivity contribution in [1.82, 2.24) is 0 Å². The summed E-state index contributed by atoms with van der Waals surface area (Å²) in [6.45, 7) is -0.233. The second-order valence-corrected chi connectivity index (χ2v) is 7.12. The summed E-state index contributed by atoms with van der Waals surface area (Å²) < 4.78 is 10.8. The maximum absolute atomic E-state index is 12.5. The first-order chi connectivity index (χ1) is 16.0. The molecule has 0 spiro atoms. The van der Waals surface area contributed by atoms with Crippen LogP contribution in [0.4, 0.5) is 11.4 Å². The molecule has 0 aliphatic carbocycles. The normalized spacial score (nSPS) is 10.6. The molecule has 0 saturated carbocycles. The van der Waals surface area contributed by atoms with Crippen LogP contribution in [0.2, 0.25) is 5.02 Å². The van der Waals surface area contributed by atoms with Gasteiger partial charge in [0.05, 0.1) is 23.5 Å². The van der Waals surface area contributed by atoms with Crippen LogP contribution in [0.1, 0.15) is 5.56 Å². The third-order valence-corrected chi connectivity index (χ3v) is 4.74. The Hall–Kier alpha value is -4.28. The molecule has 2 N–H and O–H groups in total. The average Bonchev–Trinajstić information content (AvgIpc) is 2.83. The van der Waals surface area contributed by atoms with Gasteiger partial charge < -0.3 is 20.1 Å². The number of halogens is 1. The van der Waals surface area contributed by atoms with Gasteiger partial charge in [-0.3, -0.25) is 9.59 Å². The highest BCUT2D eigenvalue weighted by atomic mass is 35.5. The largest absolute Gasteiger partial charge is 0.495 e. The minimum absolute atomic E-state index is 0.110. The van der Waals surface area contributed by atoms with Crippen molar-refractivity contribution in [2.75, 3.05) is 24.4 Å². The molecule has 0 atom stereocenters. The Kier molecular flexibility index (Phi) is 8.06. The molecule has 33 heavy (non-hydrogen) atoms. The number of hydrogen-bond acceptors (Lipinski definition) is 5. The third kappa shape index (κ3) is 6.60. The van der Waals surface area contributed by atoms with E-state index < -0.39 is 5.91 Å². The predicted octanol–water partition coefficient (Wildman–Crippen LogP) is 4.91. The number of benzene rings is 3. The lowest BCUT2D eigenvalue weighted by Gasteiger charge is -2.11. The molecule has 3 rings (SSSR count). The van der Waals surface area contributed by atoms with E-state index in [1.807, 2.05) is 6.07 Å². The maximum Gasteiger partial charge on any atom is 0.266 e. The molecule has 0 heterocycles. The number of amides is 2. The van der Waals surface area contributed by atoms with Crippen LogP contribution < -0.4 is 20.1 Å². The summed E-state index contributed by atoms with van der Waals surface area (Å²) in [5.41, 5.74) is 1.39. The van der Waals surface area contributed by atoms with E-state index in [2.05, 4.69) is 10.6 Å². The van der Waals surface area contributed by atoms with E-state index in [0.29, 0.717) is 33.5 Å². The summed E-state index contributed by atoms with van der Waals surface area (Å²) in [5, 5.41) is 15.1. The molecule has 3 aromatic carbocycles. The second-order valence-electron chi connectivity index (χ2n) is 6.71. The number of nitriles is 1. The van der Waals surface area contributed by atoms with Crippen LogP contribution in [0.3, 0.4) is 0 Å². The van der Waals surface area contributed by atoms with Gasteiger partial charge in [-0.15, -0.1) is 0 Å². The van der Waals surface area contributed by atoms with Crippen LogP contribution in [0, 0.1) is 11.3 Å². The van der Waals surface area contributed by atoms with Crippen LogP contribution in [0.25, 0.3) is 6.08 Å². The van der Waals surface area contributed by atoms with Gasteiger partial charge in [0.2, 0.25) is 0 Å². The van der Waals surface area contributed by atoms with E-state index in [1.165, 1.54) is 13.2 Å². The summed E-state index contributed by atoms with van der Waals surface area (Å²) in [6, 6.07) is 22.4. The molecular weight excluding hydrogens is 442 g/mol. The van der Waals surface area contributed by atoms with Crippen LogP contribution >= 0.6 is 11.6 Å². The van der Waals surface area contributed by atoms with Gasteiger partial charge in [0.15, 0.2) is 6.61 Å². The predicted molar refractivity (Wildman–Crippen MR) is 127 cm³/mol. The van der Waals surface area contributed by atoms with Crippen molar-refractivity contribution in [1.29, 1.82) is 5.26 Å². The number of nitrogens with zero attached hydrogens (tertiary/aromatic N) is 1. The fourth-order valence-corrected chi connectivity index (χ4v) is 3.03. The highest BCUT2D eigenvalue weighted by molar-refractivity contribution is 6.34. The van der Waals surface area contributed by atoms with Crippen molar-refractivity contribution < 1.29 is 19.1 Å². The van der Waals surface area contributed by atoms with E-state index in [9.17, 15) is 14.9 Å². The third-order valence-electron chi connectivity index (χ3n) is 4.41.